The molecule has 2 rings (SSSR count). The van der Waals surface area contributed by atoms with E-state index in [-0.39, 0.29) is 0 Å². The second-order valence-corrected chi connectivity index (χ2v) is 4.33. The Balaban J connectivity index is 2.21. The molecule has 0 aromatic carbocycles. The van der Waals surface area contributed by atoms with Crippen LogP contribution in [0.4, 0.5) is 0 Å². The SMILES string of the molecule is CC12CC(N)C(CC1N)C2. The maximum atomic E-state index is 5.96. The van der Waals surface area contributed by atoms with Crippen molar-refractivity contribution in [1.29, 1.82) is 0 Å². The zero-order chi connectivity index (χ0) is 7.35. The molecule has 4 unspecified atom stereocenters. The number of fused-ring (bicyclic) bond motifs is 2. The molecule has 2 aliphatic rings. The first-order chi connectivity index (χ1) is 4.62. The molecule has 2 heteroatoms. The van der Waals surface area contributed by atoms with Crippen LogP contribution in [0.5, 0.6) is 0 Å². The highest BCUT2D eigenvalue weighted by molar-refractivity contribution is 5.06. The molecule has 2 aliphatic carbocycles. The predicted octanol–water partition coefficient (Wildman–Crippen LogP) is 0.461. The van der Waals surface area contributed by atoms with Crippen molar-refractivity contribution in [2.45, 2.75) is 38.3 Å². The third kappa shape index (κ3) is 0.663. The second kappa shape index (κ2) is 1.74. The summed E-state index contributed by atoms with van der Waals surface area (Å²) in [5.41, 5.74) is 12.3. The van der Waals surface area contributed by atoms with Gasteiger partial charge >= 0.3 is 0 Å². The van der Waals surface area contributed by atoms with Crippen LogP contribution < -0.4 is 11.5 Å². The molecule has 0 aromatic heterocycles. The highest BCUT2D eigenvalue weighted by Crippen LogP contribution is 2.52. The van der Waals surface area contributed by atoms with Crippen LogP contribution in [0, 0.1) is 11.3 Å². The van der Waals surface area contributed by atoms with Gasteiger partial charge in [0.25, 0.3) is 0 Å². The van der Waals surface area contributed by atoms with Gasteiger partial charge in [-0.3, -0.25) is 0 Å². The van der Waals surface area contributed by atoms with Gasteiger partial charge in [-0.2, -0.15) is 0 Å². The van der Waals surface area contributed by atoms with E-state index in [1.807, 2.05) is 0 Å². The fourth-order valence-electron chi connectivity index (χ4n) is 2.71. The molecule has 10 heavy (non-hydrogen) atoms. The lowest BCUT2D eigenvalue weighted by Crippen LogP contribution is -2.41. The highest BCUT2D eigenvalue weighted by atomic mass is 14.8. The molecule has 0 aromatic rings. The largest absolute Gasteiger partial charge is 0.327 e. The maximum absolute atomic E-state index is 5.96. The summed E-state index contributed by atoms with van der Waals surface area (Å²) < 4.78 is 0. The van der Waals surface area contributed by atoms with E-state index in [9.17, 15) is 0 Å². The number of hydrogen-bond donors (Lipinski definition) is 2. The monoisotopic (exact) mass is 140 g/mol. The lowest BCUT2D eigenvalue weighted by atomic mass is 9.81. The van der Waals surface area contributed by atoms with Crippen LogP contribution in [0.1, 0.15) is 26.2 Å². The van der Waals surface area contributed by atoms with Crippen molar-refractivity contribution in [2.75, 3.05) is 0 Å². The Morgan fingerprint density at radius 1 is 1.30 bits per heavy atom. The lowest BCUT2D eigenvalue weighted by molar-refractivity contribution is 0.265. The van der Waals surface area contributed by atoms with Gasteiger partial charge in [0.15, 0.2) is 0 Å². The molecular weight excluding hydrogens is 124 g/mol. The zero-order valence-corrected chi connectivity index (χ0v) is 6.51. The Kier molecular flexibility index (Phi) is 1.15. The normalized spacial score (nSPS) is 59.7. The van der Waals surface area contributed by atoms with Gasteiger partial charge in [0, 0.05) is 12.1 Å². The van der Waals surface area contributed by atoms with Crippen LogP contribution >= 0.6 is 0 Å². The fraction of sp³-hybridized carbons (Fsp3) is 1.00. The average molecular weight is 140 g/mol. The van der Waals surface area contributed by atoms with E-state index in [4.69, 9.17) is 11.5 Å². The molecule has 0 saturated heterocycles. The van der Waals surface area contributed by atoms with Crippen molar-refractivity contribution in [1.82, 2.24) is 0 Å². The third-order valence-electron chi connectivity index (χ3n) is 3.49. The molecule has 2 nitrogen and oxygen atoms in total. The van der Waals surface area contributed by atoms with E-state index in [0.29, 0.717) is 17.5 Å². The number of hydrogen-bond acceptors (Lipinski definition) is 2. The van der Waals surface area contributed by atoms with Crippen LogP contribution in [0.3, 0.4) is 0 Å². The topological polar surface area (TPSA) is 52.0 Å². The minimum Gasteiger partial charge on any atom is -0.327 e. The standard InChI is InChI=1S/C8H16N2/c1-8-3-5(2-7(8)10)6(9)4-8/h5-7H,2-4,9-10H2,1H3. The van der Waals surface area contributed by atoms with Crippen LogP contribution in [-0.2, 0) is 0 Å². The predicted molar refractivity (Wildman–Crippen MR) is 41.4 cm³/mol. The molecule has 0 heterocycles. The molecule has 0 aliphatic heterocycles. The summed E-state index contributed by atoms with van der Waals surface area (Å²) in [5, 5.41) is 0. The minimum absolute atomic E-state index is 0.393. The Bertz CT molecular complexity index is 153. The molecule has 2 fully saturated rings. The first kappa shape index (κ1) is 6.62. The highest BCUT2D eigenvalue weighted by Gasteiger charge is 2.50. The Morgan fingerprint density at radius 2 is 2.00 bits per heavy atom. The van der Waals surface area contributed by atoms with Gasteiger partial charge in [0.05, 0.1) is 0 Å². The van der Waals surface area contributed by atoms with Crippen molar-refractivity contribution >= 4 is 0 Å². The summed E-state index contributed by atoms with van der Waals surface area (Å²) in [6.07, 6.45) is 3.59. The van der Waals surface area contributed by atoms with Gasteiger partial charge in [-0.15, -0.1) is 0 Å². The molecule has 4 atom stereocenters. The molecule has 4 N–H and O–H groups in total. The minimum atomic E-state index is 0.393. The van der Waals surface area contributed by atoms with E-state index in [2.05, 4.69) is 6.92 Å². The smallest absolute Gasteiger partial charge is 0.00968 e. The molecule has 2 saturated carbocycles. The van der Waals surface area contributed by atoms with Gasteiger partial charge < -0.3 is 11.5 Å². The first-order valence-electron chi connectivity index (χ1n) is 4.13. The van der Waals surface area contributed by atoms with E-state index in [1.165, 1.54) is 6.42 Å². The van der Waals surface area contributed by atoms with Crippen molar-refractivity contribution < 1.29 is 0 Å². The summed E-state index contributed by atoms with van der Waals surface area (Å²) >= 11 is 0. The molecule has 0 radical (unpaired) electrons. The zero-order valence-electron chi connectivity index (χ0n) is 6.51. The van der Waals surface area contributed by atoms with Crippen LogP contribution in [0.25, 0.3) is 0 Å². The van der Waals surface area contributed by atoms with Gasteiger partial charge in [0.1, 0.15) is 0 Å². The maximum Gasteiger partial charge on any atom is 0.00968 e. The Labute approximate surface area is 62.0 Å². The number of nitrogens with two attached hydrogens (primary N) is 2. The van der Waals surface area contributed by atoms with E-state index < -0.39 is 0 Å². The fourth-order valence-corrected chi connectivity index (χ4v) is 2.71. The average Bonchev–Trinajstić information content (AvgIpc) is 2.20. The lowest BCUT2D eigenvalue weighted by Gasteiger charge is -2.30. The number of rotatable bonds is 0. The van der Waals surface area contributed by atoms with E-state index in [1.54, 1.807) is 0 Å². The Morgan fingerprint density at radius 3 is 2.30 bits per heavy atom. The first-order valence-corrected chi connectivity index (χ1v) is 4.13. The van der Waals surface area contributed by atoms with Crippen molar-refractivity contribution in [3.05, 3.63) is 0 Å². The summed E-state index contributed by atoms with van der Waals surface area (Å²) in [6, 6.07) is 0.877. The van der Waals surface area contributed by atoms with Gasteiger partial charge in [-0.05, 0) is 30.6 Å². The summed E-state index contributed by atoms with van der Waals surface area (Å²) in [6.45, 7) is 2.28. The van der Waals surface area contributed by atoms with Gasteiger partial charge in [-0.25, -0.2) is 0 Å². The molecule has 58 valence electrons. The molecule has 0 amide bonds. The van der Waals surface area contributed by atoms with Crippen LogP contribution in [0.2, 0.25) is 0 Å². The summed E-state index contributed by atoms with van der Waals surface area (Å²) in [7, 11) is 0. The Hall–Kier alpha value is -0.0800. The van der Waals surface area contributed by atoms with E-state index >= 15 is 0 Å². The van der Waals surface area contributed by atoms with Gasteiger partial charge in [-0.1, -0.05) is 6.92 Å². The third-order valence-corrected chi connectivity index (χ3v) is 3.49. The molecular formula is C8H16N2. The second-order valence-electron chi connectivity index (χ2n) is 4.33. The quantitative estimate of drug-likeness (QED) is 0.513. The van der Waals surface area contributed by atoms with Crippen LogP contribution in [0.15, 0.2) is 0 Å². The molecule has 0 spiro atoms. The van der Waals surface area contributed by atoms with Crippen molar-refractivity contribution in [2.24, 2.45) is 22.8 Å². The van der Waals surface area contributed by atoms with Gasteiger partial charge in [0.2, 0.25) is 0 Å². The van der Waals surface area contributed by atoms with Crippen molar-refractivity contribution in [3.63, 3.8) is 0 Å². The van der Waals surface area contributed by atoms with E-state index in [0.717, 1.165) is 18.8 Å². The van der Waals surface area contributed by atoms with Crippen molar-refractivity contribution in [3.8, 4) is 0 Å². The molecule has 2 bridgehead atoms. The van der Waals surface area contributed by atoms with Crippen LogP contribution in [-0.4, -0.2) is 12.1 Å². The summed E-state index contributed by atoms with van der Waals surface area (Å²) in [5.74, 6) is 0.736. The summed E-state index contributed by atoms with van der Waals surface area (Å²) in [4.78, 5) is 0.